The molecule has 0 amide bonds. The summed E-state index contributed by atoms with van der Waals surface area (Å²) in [5, 5.41) is 0. The van der Waals surface area contributed by atoms with Crippen LogP contribution in [0, 0.1) is 11.8 Å². The lowest BCUT2D eigenvalue weighted by Gasteiger charge is -2.38. The van der Waals surface area contributed by atoms with E-state index in [1.54, 1.807) is 5.56 Å². The maximum atomic E-state index is 5.54. The number of ether oxygens (including phenoxy) is 1. The highest BCUT2D eigenvalue weighted by molar-refractivity contribution is 5.37. The lowest BCUT2D eigenvalue weighted by molar-refractivity contribution is -0.00238. The Labute approximate surface area is 109 Å². The summed E-state index contributed by atoms with van der Waals surface area (Å²) < 4.78 is 5.54. The number of fused-ring (bicyclic) bond motifs is 1. The van der Waals surface area contributed by atoms with Gasteiger partial charge in [-0.1, -0.05) is 36.8 Å². The first-order chi connectivity index (χ1) is 8.94. The zero-order valence-electron chi connectivity index (χ0n) is 10.8. The third kappa shape index (κ3) is 1.36. The van der Waals surface area contributed by atoms with Gasteiger partial charge >= 0.3 is 0 Å². The van der Waals surface area contributed by atoms with Crippen molar-refractivity contribution in [3.8, 4) is 0 Å². The highest BCUT2D eigenvalue weighted by atomic mass is 16.5. The lowest BCUT2D eigenvalue weighted by Crippen LogP contribution is -2.46. The van der Waals surface area contributed by atoms with Crippen LogP contribution in [-0.4, -0.2) is 31.2 Å². The van der Waals surface area contributed by atoms with E-state index in [9.17, 15) is 0 Å². The molecule has 0 radical (unpaired) electrons. The predicted molar refractivity (Wildman–Crippen MR) is 71.3 cm³/mol. The summed E-state index contributed by atoms with van der Waals surface area (Å²) in [7, 11) is 0. The second kappa shape index (κ2) is 4.07. The second-order valence-corrected chi connectivity index (χ2v) is 5.93. The molecule has 1 aromatic rings. The van der Waals surface area contributed by atoms with Gasteiger partial charge in [0.15, 0.2) is 0 Å². The standard InChI is InChI=1S/C16H21NO/c1-2-5-13(6-3-1)16(14-7-4-8-15(14)16)17-9-11-18-12-10-17/h1-3,5-6,14-15H,4,7-12H2/t14-,15+,16?. The molecular formula is C16H21NO. The van der Waals surface area contributed by atoms with E-state index in [4.69, 9.17) is 4.74 Å². The summed E-state index contributed by atoms with van der Waals surface area (Å²) in [6.45, 7) is 4.05. The van der Waals surface area contributed by atoms with Gasteiger partial charge in [0.1, 0.15) is 0 Å². The van der Waals surface area contributed by atoms with Crippen LogP contribution in [0.1, 0.15) is 24.8 Å². The van der Waals surface area contributed by atoms with E-state index in [-0.39, 0.29) is 0 Å². The summed E-state index contributed by atoms with van der Waals surface area (Å²) in [6, 6.07) is 11.2. The first kappa shape index (κ1) is 11.0. The van der Waals surface area contributed by atoms with Crippen molar-refractivity contribution in [3.05, 3.63) is 35.9 Å². The van der Waals surface area contributed by atoms with Crippen LogP contribution in [0.2, 0.25) is 0 Å². The molecule has 2 heteroatoms. The van der Waals surface area contributed by atoms with Gasteiger partial charge in [-0.05, 0) is 30.2 Å². The SMILES string of the molecule is c1ccc(C2(N3CCOCC3)[C@@H]3CCC[C@@H]32)cc1. The number of rotatable bonds is 2. The summed E-state index contributed by atoms with van der Waals surface area (Å²) in [5.74, 6) is 1.83. The highest BCUT2D eigenvalue weighted by Gasteiger charge is 2.69. The van der Waals surface area contributed by atoms with Gasteiger partial charge in [-0.2, -0.15) is 0 Å². The molecule has 0 spiro atoms. The Bertz CT molecular complexity index is 414. The molecule has 96 valence electrons. The molecule has 2 saturated carbocycles. The van der Waals surface area contributed by atoms with E-state index in [2.05, 4.69) is 35.2 Å². The first-order valence-corrected chi connectivity index (χ1v) is 7.32. The minimum atomic E-state index is 0.378. The number of morpholine rings is 1. The third-order valence-electron chi connectivity index (χ3n) is 5.31. The van der Waals surface area contributed by atoms with Crippen LogP contribution in [0.4, 0.5) is 0 Å². The maximum absolute atomic E-state index is 5.54. The van der Waals surface area contributed by atoms with Crippen LogP contribution in [0.5, 0.6) is 0 Å². The summed E-state index contributed by atoms with van der Waals surface area (Å²) in [4.78, 5) is 2.72. The minimum absolute atomic E-state index is 0.378. The van der Waals surface area contributed by atoms with E-state index in [1.165, 1.54) is 19.3 Å². The van der Waals surface area contributed by atoms with Crippen molar-refractivity contribution < 1.29 is 4.74 Å². The molecule has 0 bridgehead atoms. The van der Waals surface area contributed by atoms with Crippen LogP contribution in [0.3, 0.4) is 0 Å². The molecule has 1 heterocycles. The smallest absolute Gasteiger partial charge is 0.0594 e. The monoisotopic (exact) mass is 243 g/mol. The van der Waals surface area contributed by atoms with E-state index in [0.29, 0.717) is 5.54 Å². The van der Waals surface area contributed by atoms with E-state index < -0.39 is 0 Å². The molecule has 2 nitrogen and oxygen atoms in total. The zero-order chi connectivity index (χ0) is 12.0. The van der Waals surface area contributed by atoms with Gasteiger partial charge in [-0.3, -0.25) is 4.90 Å². The molecule has 3 fully saturated rings. The van der Waals surface area contributed by atoms with Gasteiger partial charge in [0.2, 0.25) is 0 Å². The number of nitrogens with zero attached hydrogens (tertiary/aromatic N) is 1. The summed E-state index contributed by atoms with van der Waals surface area (Å²) in [6.07, 6.45) is 4.29. The minimum Gasteiger partial charge on any atom is -0.379 e. The molecule has 3 atom stereocenters. The maximum Gasteiger partial charge on any atom is 0.0594 e. The Morgan fingerprint density at radius 2 is 1.67 bits per heavy atom. The lowest BCUT2D eigenvalue weighted by atomic mass is 9.93. The van der Waals surface area contributed by atoms with Crippen LogP contribution < -0.4 is 0 Å². The molecule has 3 aliphatic rings. The number of hydrogen-bond acceptors (Lipinski definition) is 2. The molecule has 1 saturated heterocycles. The summed E-state index contributed by atoms with van der Waals surface area (Å²) in [5.41, 5.74) is 1.94. The van der Waals surface area contributed by atoms with Gasteiger partial charge < -0.3 is 4.74 Å². The molecule has 1 aliphatic heterocycles. The van der Waals surface area contributed by atoms with Crippen LogP contribution in [0.25, 0.3) is 0 Å². The Morgan fingerprint density at radius 1 is 1.00 bits per heavy atom. The molecule has 1 aromatic carbocycles. The van der Waals surface area contributed by atoms with Crippen molar-refractivity contribution in [2.45, 2.75) is 24.8 Å². The predicted octanol–water partition coefficient (Wildman–Crippen LogP) is 2.64. The van der Waals surface area contributed by atoms with E-state index in [1.807, 2.05) is 0 Å². The van der Waals surface area contributed by atoms with Crippen molar-refractivity contribution in [2.24, 2.45) is 11.8 Å². The Balaban J connectivity index is 1.71. The van der Waals surface area contributed by atoms with E-state index in [0.717, 1.165) is 38.1 Å². The van der Waals surface area contributed by atoms with Gasteiger partial charge in [0, 0.05) is 13.1 Å². The van der Waals surface area contributed by atoms with Crippen molar-refractivity contribution in [1.82, 2.24) is 4.90 Å². The average molecular weight is 243 g/mol. The average Bonchev–Trinajstić information content (AvgIpc) is 2.82. The molecule has 4 rings (SSSR count). The fourth-order valence-corrected chi connectivity index (χ4v) is 4.64. The second-order valence-electron chi connectivity index (χ2n) is 5.93. The van der Waals surface area contributed by atoms with Gasteiger partial charge in [0.05, 0.1) is 18.8 Å². The molecule has 0 N–H and O–H groups in total. The fraction of sp³-hybridized carbons (Fsp3) is 0.625. The van der Waals surface area contributed by atoms with Gasteiger partial charge in [-0.15, -0.1) is 0 Å². The largest absolute Gasteiger partial charge is 0.379 e. The molecule has 1 unspecified atom stereocenters. The fourth-order valence-electron chi connectivity index (χ4n) is 4.64. The third-order valence-corrected chi connectivity index (χ3v) is 5.31. The number of hydrogen-bond donors (Lipinski definition) is 0. The molecule has 0 aromatic heterocycles. The van der Waals surface area contributed by atoms with Crippen LogP contribution in [-0.2, 0) is 10.3 Å². The quantitative estimate of drug-likeness (QED) is 0.792. The first-order valence-electron chi connectivity index (χ1n) is 7.32. The van der Waals surface area contributed by atoms with Crippen molar-refractivity contribution >= 4 is 0 Å². The zero-order valence-corrected chi connectivity index (χ0v) is 10.8. The van der Waals surface area contributed by atoms with Crippen LogP contribution in [0.15, 0.2) is 30.3 Å². The highest BCUT2D eigenvalue weighted by Crippen LogP contribution is 2.69. The summed E-state index contributed by atoms with van der Waals surface area (Å²) >= 11 is 0. The number of benzene rings is 1. The van der Waals surface area contributed by atoms with Crippen LogP contribution >= 0.6 is 0 Å². The van der Waals surface area contributed by atoms with Gasteiger partial charge in [-0.25, -0.2) is 0 Å². The molecule has 2 aliphatic carbocycles. The van der Waals surface area contributed by atoms with Crippen molar-refractivity contribution in [1.29, 1.82) is 0 Å². The van der Waals surface area contributed by atoms with Gasteiger partial charge in [0.25, 0.3) is 0 Å². The molecule has 18 heavy (non-hydrogen) atoms. The Kier molecular flexibility index (Phi) is 2.49. The molecular weight excluding hydrogens is 222 g/mol. The topological polar surface area (TPSA) is 12.5 Å². The van der Waals surface area contributed by atoms with E-state index >= 15 is 0 Å². The normalized spacial score (nSPS) is 39.6. The Hall–Kier alpha value is -0.860. The van der Waals surface area contributed by atoms with Crippen molar-refractivity contribution in [2.75, 3.05) is 26.3 Å². The van der Waals surface area contributed by atoms with Crippen molar-refractivity contribution in [3.63, 3.8) is 0 Å². The Morgan fingerprint density at radius 3 is 2.33 bits per heavy atom.